The molecule has 4 aliphatic rings. The second-order valence-electron chi connectivity index (χ2n) is 11.6. The summed E-state index contributed by atoms with van der Waals surface area (Å²) in [5.41, 5.74) is 2.10. The zero-order valence-electron chi connectivity index (χ0n) is 24.2. The molecule has 3 saturated heterocycles. The average molecular weight is 730 g/mol. The number of aryl methyl sites for hydroxylation is 2. The summed E-state index contributed by atoms with van der Waals surface area (Å²) >= 11 is 10.6. The Bertz CT molecular complexity index is 2010. The van der Waals surface area contributed by atoms with Gasteiger partial charge >= 0.3 is 13.4 Å². The van der Waals surface area contributed by atoms with Crippen molar-refractivity contribution >= 4 is 59.2 Å². The molecule has 0 amide bonds. The third kappa shape index (κ3) is 5.73. The Kier molecular flexibility index (Phi) is 8.21. The molecule has 252 valence electrons. The van der Waals surface area contributed by atoms with Gasteiger partial charge in [0.25, 0.3) is 5.56 Å². The van der Waals surface area contributed by atoms with E-state index in [1.54, 1.807) is 4.57 Å². The maximum absolute atomic E-state index is 12.3. The smallest absolute Gasteiger partial charge is 0.325 e. The Balaban J connectivity index is 1.11. The number of nitrogens with zero attached hydrogens (tertiary/aromatic N) is 6. The molecule has 10 atom stereocenters. The van der Waals surface area contributed by atoms with Crippen LogP contribution in [0.15, 0.2) is 30.0 Å². The molecule has 2 unspecified atom stereocenters. The van der Waals surface area contributed by atoms with Crippen LogP contribution in [0.2, 0.25) is 0 Å². The van der Waals surface area contributed by atoms with Gasteiger partial charge in [0.15, 0.2) is 23.6 Å². The monoisotopic (exact) mass is 729 g/mol. The fourth-order valence-corrected chi connectivity index (χ4v) is 9.43. The molecule has 5 N–H and O–H groups in total. The van der Waals surface area contributed by atoms with Crippen LogP contribution in [0, 0.1) is 0 Å². The van der Waals surface area contributed by atoms with Crippen molar-refractivity contribution in [1.29, 1.82) is 0 Å². The van der Waals surface area contributed by atoms with Gasteiger partial charge < -0.3 is 48.1 Å². The fraction of sp³-hybridized carbons (Fsp3) is 0.560. The van der Waals surface area contributed by atoms with Crippen LogP contribution in [-0.2, 0) is 64.0 Å². The van der Waals surface area contributed by atoms with Gasteiger partial charge in [-0.25, -0.2) is 19.9 Å². The van der Waals surface area contributed by atoms with Crippen LogP contribution in [0.1, 0.15) is 36.6 Å². The van der Waals surface area contributed by atoms with Gasteiger partial charge in [-0.2, -0.15) is 0 Å². The van der Waals surface area contributed by atoms with Gasteiger partial charge in [-0.05, 0) is 54.9 Å². The number of imidazole rings is 1. The van der Waals surface area contributed by atoms with E-state index in [2.05, 4.69) is 24.9 Å². The Morgan fingerprint density at radius 2 is 1.57 bits per heavy atom. The van der Waals surface area contributed by atoms with Crippen LogP contribution in [0.4, 0.5) is 0 Å². The highest BCUT2D eigenvalue weighted by Gasteiger charge is 2.52. The molecule has 18 nitrogen and oxygen atoms in total. The first-order valence-corrected chi connectivity index (χ1v) is 19.9. The maximum atomic E-state index is 12.3. The Morgan fingerprint density at radius 1 is 0.851 bits per heavy atom. The summed E-state index contributed by atoms with van der Waals surface area (Å²) in [6, 6.07) is 0. The lowest BCUT2D eigenvalue weighted by molar-refractivity contribution is -0.0606. The highest BCUT2D eigenvalue weighted by atomic mass is 32.5. The number of nitrogens with one attached hydrogen (secondary N) is 1. The molecule has 2 bridgehead atoms. The van der Waals surface area contributed by atoms with E-state index in [0.717, 1.165) is 42.3 Å². The van der Waals surface area contributed by atoms with E-state index in [-0.39, 0.29) is 11.2 Å². The summed E-state index contributed by atoms with van der Waals surface area (Å²) in [5, 5.41) is 23.7. The SMILES string of the molecule is O=c1[nH]cnc2c1ncn2[C@@H]1O[C@@H]2COP(O)(=S)O[C@H]3[C@@H](O)[C@H](n4cc5c6c(ncnc64)CCCC5)O[C@@H]3COP(O)(=S)O[C@@H]1[C@@H]2O. The molecule has 47 heavy (non-hydrogen) atoms. The summed E-state index contributed by atoms with van der Waals surface area (Å²) in [7, 11) is 0. The minimum atomic E-state index is -4.17. The first-order valence-electron chi connectivity index (χ1n) is 14.7. The molecule has 0 aromatic carbocycles. The van der Waals surface area contributed by atoms with E-state index < -0.39 is 81.3 Å². The highest BCUT2D eigenvalue weighted by molar-refractivity contribution is 8.07. The standard InChI is InChI=1S/C25H29N7O11P2S2/c33-17-13-6-38-44(36,46)42-19-14(41-24(18(19)34)31-5-11-3-1-2-4-12-15(11)21(31)27-8-26-12)7-39-45(37,47)43-20(17)25(40-13)32-10-30-16-22(32)28-9-29-23(16)35/h5,8-10,13-14,17-20,24-25,33-34H,1-4,6-7H2,(H,36,46)(H,37,47)(H,28,29,35)/t13-,14-,17-,18-,19-,20-,24-,25-,44?,45?/m1/s1. The van der Waals surface area contributed by atoms with Crippen LogP contribution in [0.3, 0.4) is 0 Å². The molecule has 0 saturated carbocycles. The Hall–Kier alpha value is -2.13. The van der Waals surface area contributed by atoms with Gasteiger partial charge in [0, 0.05) is 11.6 Å². The summed E-state index contributed by atoms with van der Waals surface area (Å²) in [5.74, 6) is 0. The molecule has 3 aliphatic heterocycles. The van der Waals surface area contributed by atoms with Crippen molar-refractivity contribution in [3.05, 3.63) is 46.8 Å². The number of hydrogen-bond acceptors (Lipinski definition) is 15. The molecule has 8 rings (SSSR count). The fourth-order valence-electron chi connectivity index (χ4n) is 6.57. The van der Waals surface area contributed by atoms with Crippen LogP contribution in [-0.4, -0.2) is 104 Å². The molecule has 7 heterocycles. The third-order valence-electron chi connectivity index (χ3n) is 8.73. The van der Waals surface area contributed by atoms with Crippen molar-refractivity contribution in [2.24, 2.45) is 0 Å². The van der Waals surface area contributed by atoms with Gasteiger partial charge in [0.2, 0.25) is 0 Å². The number of rotatable bonds is 2. The van der Waals surface area contributed by atoms with Gasteiger partial charge in [0.05, 0.1) is 31.6 Å². The van der Waals surface area contributed by atoms with Gasteiger partial charge in [0.1, 0.15) is 48.6 Å². The van der Waals surface area contributed by atoms with Crippen LogP contribution in [0.5, 0.6) is 0 Å². The lowest BCUT2D eigenvalue weighted by Crippen LogP contribution is -2.36. The zero-order valence-corrected chi connectivity index (χ0v) is 27.6. The van der Waals surface area contributed by atoms with Crippen LogP contribution < -0.4 is 5.56 Å². The summed E-state index contributed by atoms with van der Waals surface area (Å²) < 4.78 is 38.2. The lowest BCUT2D eigenvalue weighted by atomic mass is 10.1. The molecule has 1 aliphatic carbocycles. The van der Waals surface area contributed by atoms with Crippen molar-refractivity contribution < 1.29 is 47.6 Å². The van der Waals surface area contributed by atoms with Crippen molar-refractivity contribution in [2.45, 2.75) is 74.8 Å². The highest BCUT2D eigenvalue weighted by Crippen LogP contribution is 2.54. The number of ether oxygens (including phenoxy) is 2. The number of H-pyrrole nitrogens is 1. The largest absolute Gasteiger partial charge is 0.387 e. The lowest BCUT2D eigenvalue weighted by Gasteiger charge is -2.28. The first kappa shape index (κ1) is 32.1. The summed E-state index contributed by atoms with van der Waals surface area (Å²) in [4.78, 5) is 54.2. The molecule has 4 aromatic rings. The van der Waals surface area contributed by atoms with Crippen molar-refractivity contribution in [2.75, 3.05) is 13.2 Å². The van der Waals surface area contributed by atoms with Crippen LogP contribution in [0.25, 0.3) is 22.2 Å². The molecule has 0 radical (unpaired) electrons. The van der Waals surface area contributed by atoms with E-state index in [0.29, 0.717) is 5.65 Å². The molecular weight excluding hydrogens is 700 g/mol. The minimum Gasteiger partial charge on any atom is -0.387 e. The number of fused-ring (bicyclic) bond motifs is 4. The second-order valence-corrected chi connectivity index (χ2v) is 17.2. The summed E-state index contributed by atoms with van der Waals surface area (Å²) in [6.45, 7) is -9.25. The third-order valence-corrected chi connectivity index (χ3v) is 11.8. The first-order chi connectivity index (χ1) is 22.5. The molecular formula is C25H29N7O11P2S2. The normalized spacial score (nSPS) is 38.0. The molecule has 0 spiro atoms. The Labute approximate surface area is 275 Å². The van der Waals surface area contributed by atoms with E-state index in [1.807, 2.05) is 6.20 Å². The second kappa shape index (κ2) is 12.0. The Morgan fingerprint density at radius 3 is 2.38 bits per heavy atom. The van der Waals surface area contributed by atoms with E-state index >= 15 is 0 Å². The quantitative estimate of drug-likeness (QED) is 0.174. The molecule has 22 heteroatoms. The summed E-state index contributed by atoms with van der Waals surface area (Å²) in [6.07, 6.45) is -0.806. The van der Waals surface area contributed by atoms with Gasteiger partial charge in [-0.15, -0.1) is 0 Å². The average Bonchev–Trinajstić information content (AvgIpc) is 3.74. The van der Waals surface area contributed by atoms with E-state index in [1.165, 1.54) is 23.5 Å². The zero-order chi connectivity index (χ0) is 32.7. The number of aliphatic hydroxyl groups excluding tert-OH is 2. The van der Waals surface area contributed by atoms with Gasteiger partial charge in [-0.1, -0.05) is 0 Å². The predicted octanol–water partition coefficient (Wildman–Crippen LogP) is 0.211. The molecule has 4 aromatic heterocycles. The van der Waals surface area contributed by atoms with Crippen molar-refractivity contribution in [3.8, 4) is 0 Å². The van der Waals surface area contributed by atoms with Crippen LogP contribution >= 0.6 is 13.4 Å². The number of aromatic amines is 1. The minimum absolute atomic E-state index is 0.00244. The predicted molar refractivity (Wildman–Crippen MR) is 167 cm³/mol. The van der Waals surface area contributed by atoms with E-state index in [4.69, 9.17) is 51.2 Å². The van der Waals surface area contributed by atoms with Crippen molar-refractivity contribution in [1.82, 2.24) is 34.1 Å². The van der Waals surface area contributed by atoms with Crippen molar-refractivity contribution in [3.63, 3.8) is 0 Å². The number of aromatic nitrogens is 7. The number of aliphatic hydroxyl groups is 2. The number of hydrogen-bond donors (Lipinski definition) is 5. The molecule has 3 fully saturated rings. The topological polar surface area (TPSA) is 231 Å². The maximum Gasteiger partial charge on any atom is 0.325 e. The van der Waals surface area contributed by atoms with E-state index in [9.17, 15) is 24.8 Å². The van der Waals surface area contributed by atoms with Gasteiger partial charge in [-0.3, -0.25) is 18.4 Å².